The number of nitrogens with zero attached hydrogens (tertiary/aromatic N) is 6. The minimum absolute atomic E-state index is 0.0790. The number of primary amides is 1. The van der Waals surface area contributed by atoms with Crippen molar-refractivity contribution in [3.63, 3.8) is 0 Å². The second-order valence-electron chi connectivity index (χ2n) is 10.2. The quantitative estimate of drug-likeness (QED) is 0.259. The number of rotatable bonds is 9. The monoisotopic (exact) mass is 645 g/mol. The maximum absolute atomic E-state index is 13.9. The van der Waals surface area contributed by atoms with Crippen molar-refractivity contribution >= 4 is 45.2 Å². The van der Waals surface area contributed by atoms with Gasteiger partial charge in [0.05, 0.1) is 40.8 Å². The van der Waals surface area contributed by atoms with Crippen LogP contribution in [0.3, 0.4) is 0 Å². The summed E-state index contributed by atoms with van der Waals surface area (Å²) in [6.07, 6.45) is 3.80. The van der Waals surface area contributed by atoms with Crippen molar-refractivity contribution in [2.75, 3.05) is 35.4 Å². The molecule has 4 aromatic rings. The fourth-order valence-corrected chi connectivity index (χ4v) is 6.33. The minimum atomic E-state index is -3.89. The van der Waals surface area contributed by atoms with Gasteiger partial charge in [-0.1, -0.05) is 49.9 Å². The highest BCUT2D eigenvalue weighted by Crippen LogP contribution is 2.29. The van der Waals surface area contributed by atoms with Gasteiger partial charge in [0, 0.05) is 51.0 Å². The fraction of sp³-hybridized carbons (Fsp3) is 0.250. The Morgan fingerprint density at radius 2 is 1.60 bits per heavy atom. The topological polar surface area (TPSA) is 146 Å². The number of benzene rings is 3. The van der Waals surface area contributed by atoms with Crippen molar-refractivity contribution in [2.24, 2.45) is 5.73 Å². The van der Waals surface area contributed by atoms with Gasteiger partial charge in [-0.2, -0.15) is 5.26 Å². The number of carbonyl (C=O) groups is 2. The number of hydrogen-bond acceptors (Lipinski definition) is 7. The second kappa shape index (κ2) is 15.3. The van der Waals surface area contributed by atoms with Crippen LogP contribution in [0.25, 0.3) is 0 Å². The highest BCUT2D eigenvalue weighted by Gasteiger charge is 2.27. The smallest absolute Gasteiger partial charge is 0.278 e. The maximum Gasteiger partial charge on any atom is 0.278 e. The number of imidazole rings is 1. The van der Waals surface area contributed by atoms with E-state index < -0.39 is 10.0 Å². The largest absolute Gasteiger partial charge is 0.370 e. The molecule has 234 valence electrons. The molecule has 1 aliphatic heterocycles. The van der Waals surface area contributed by atoms with Gasteiger partial charge in [0.2, 0.25) is 5.91 Å². The molecule has 13 heteroatoms. The van der Waals surface area contributed by atoms with Gasteiger partial charge >= 0.3 is 0 Å². The molecule has 11 nitrogen and oxygen atoms in total. The Balaban J connectivity index is 0.000000854. The van der Waals surface area contributed by atoms with E-state index in [1.165, 1.54) is 4.31 Å². The molecule has 0 bridgehead atoms. The SMILES string of the molecule is CCC(N)=O.N#Cc1ccc(Cn2cncc2CN(c2ccc(N3CCN(C(=O)S)CC3)cc2)S(=O)(=O)c2ccccc2)cc1. The molecule has 3 aromatic carbocycles. The van der Waals surface area contributed by atoms with Gasteiger partial charge in [0.25, 0.3) is 15.3 Å². The molecule has 1 saturated heterocycles. The molecular weight excluding hydrogens is 611 g/mol. The Morgan fingerprint density at radius 3 is 2.16 bits per heavy atom. The van der Waals surface area contributed by atoms with Crippen molar-refractivity contribution in [3.8, 4) is 6.07 Å². The molecule has 0 radical (unpaired) electrons. The molecule has 2 amide bonds. The molecule has 2 N–H and O–H groups in total. The first-order chi connectivity index (χ1) is 21.6. The summed E-state index contributed by atoms with van der Waals surface area (Å²) < 4.78 is 31.1. The van der Waals surface area contributed by atoms with Gasteiger partial charge in [-0.15, -0.1) is 0 Å². The summed E-state index contributed by atoms with van der Waals surface area (Å²) in [5.41, 5.74) is 8.41. The average Bonchev–Trinajstić information content (AvgIpc) is 3.51. The second-order valence-corrected chi connectivity index (χ2v) is 12.5. The predicted molar refractivity (Wildman–Crippen MR) is 176 cm³/mol. The van der Waals surface area contributed by atoms with Crippen molar-refractivity contribution in [1.29, 1.82) is 5.26 Å². The van der Waals surface area contributed by atoms with Crippen LogP contribution in [0.5, 0.6) is 0 Å². The third kappa shape index (κ3) is 8.65. The standard InChI is InChI=1S/C29H28N6O3S2.C3H7NO/c30-18-23-6-8-24(9-7-23)20-34-22-31-19-27(34)21-35(40(37,38)28-4-2-1-3-5-28)26-12-10-25(11-13-26)32-14-16-33(17-15-32)29(36)39;1-2-3(4)5/h1-13,19,22H,14-17,20-21H2,(H,36,39);2H2,1H3,(H2,4,5). The molecule has 5 rings (SSSR count). The molecule has 0 atom stereocenters. The Labute approximate surface area is 269 Å². The molecule has 1 aromatic heterocycles. The molecule has 0 spiro atoms. The molecule has 1 fully saturated rings. The van der Waals surface area contributed by atoms with E-state index in [-0.39, 0.29) is 22.6 Å². The van der Waals surface area contributed by atoms with Gasteiger partial charge in [-0.25, -0.2) is 13.4 Å². The van der Waals surface area contributed by atoms with Gasteiger partial charge in [-0.3, -0.25) is 13.9 Å². The van der Waals surface area contributed by atoms with E-state index in [0.717, 1.165) is 16.9 Å². The van der Waals surface area contributed by atoms with E-state index >= 15 is 0 Å². The van der Waals surface area contributed by atoms with Gasteiger partial charge in [-0.05, 0) is 54.1 Å². The van der Waals surface area contributed by atoms with Crippen molar-refractivity contribution in [1.82, 2.24) is 14.5 Å². The molecule has 0 saturated carbocycles. The summed E-state index contributed by atoms with van der Waals surface area (Å²) >= 11 is 3.92. The highest BCUT2D eigenvalue weighted by atomic mass is 32.2. The van der Waals surface area contributed by atoms with E-state index in [1.807, 2.05) is 41.0 Å². The molecule has 1 aliphatic rings. The Bertz CT molecular complexity index is 1730. The van der Waals surface area contributed by atoms with E-state index in [4.69, 9.17) is 5.26 Å². The summed E-state index contributed by atoms with van der Waals surface area (Å²) in [7, 11) is -3.89. The van der Waals surface area contributed by atoms with Crippen LogP contribution in [-0.2, 0) is 27.9 Å². The lowest BCUT2D eigenvalue weighted by Crippen LogP contribution is -2.47. The number of anilines is 2. The lowest BCUT2D eigenvalue weighted by Gasteiger charge is -2.35. The Hall–Kier alpha value is -4.80. The van der Waals surface area contributed by atoms with E-state index in [1.54, 1.807) is 66.8 Å². The molecule has 0 unspecified atom stereocenters. The predicted octanol–water partition coefficient (Wildman–Crippen LogP) is 4.25. The highest BCUT2D eigenvalue weighted by molar-refractivity contribution is 7.96. The lowest BCUT2D eigenvalue weighted by molar-refractivity contribution is -0.117. The number of piperazine rings is 1. The van der Waals surface area contributed by atoms with Gasteiger partial charge in [0.1, 0.15) is 0 Å². The first kappa shape index (κ1) is 33.1. The zero-order valence-electron chi connectivity index (χ0n) is 24.9. The molecular formula is C32H35N7O4S2. The molecule has 0 aliphatic carbocycles. The van der Waals surface area contributed by atoms with Gasteiger partial charge in [0.15, 0.2) is 0 Å². The summed E-state index contributed by atoms with van der Waals surface area (Å²) in [4.78, 5) is 29.5. The first-order valence-corrected chi connectivity index (χ1v) is 16.2. The van der Waals surface area contributed by atoms with Crippen LogP contribution in [0.1, 0.15) is 30.2 Å². The molecule has 2 heterocycles. The van der Waals surface area contributed by atoms with Crippen LogP contribution < -0.4 is 14.9 Å². The zero-order chi connectivity index (χ0) is 32.4. The maximum atomic E-state index is 13.9. The molecule has 45 heavy (non-hydrogen) atoms. The lowest BCUT2D eigenvalue weighted by atomic mass is 10.1. The number of nitriles is 1. The van der Waals surface area contributed by atoms with E-state index in [2.05, 4.69) is 34.3 Å². The summed E-state index contributed by atoms with van der Waals surface area (Å²) in [6, 6.07) is 25.2. The number of hydrogen-bond donors (Lipinski definition) is 2. The average molecular weight is 646 g/mol. The number of aromatic nitrogens is 2. The van der Waals surface area contributed by atoms with Crippen LogP contribution in [0.2, 0.25) is 0 Å². The number of sulfonamides is 1. The van der Waals surface area contributed by atoms with Crippen LogP contribution in [-0.4, -0.2) is 60.2 Å². The zero-order valence-corrected chi connectivity index (χ0v) is 26.6. The van der Waals surface area contributed by atoms with Crippen LogP contribution in [0.15, 0.2) is 96.3 Å². The van der Waals surface area contributed by atoms with Crippen LogP contribution >= 0.6 is 12.6 Å². The van der Waals surface area contributed by atoms with Crippen LogP contribution in [0.4, 0.5) is 16.2 Å². The fourth-order valence-electron chi connectivity index (χ4n) is 4.67. The Morgan fingerprint density at radius 1 is 0.978 bits per heavy atom. The minimum Gasteiger partial charge on any atom is -0.370 e. The number of nitrogens with two attached hydrogens (primary N) is 1. The Kier molecular flexibility index (Phi) is 11.2. The number of thiol groups is 1. The summed E-state index contributed by atoms with van der Waals surface area (Å²) in [5.74, 6) is -0.245. The number of carbonyl (C=O) groups excluding carboxylic acids is 2. The van der Waals surface area contributed by atoms with Crippen molar-refractivity contribution in [3.05, 3.63) is 108 Å². The summed E-state index contributed by atoms with van der Waals surface area (Å²) in [5, 5.41) is 8.85. The van der Waals surface area contributed by atoms with Gasteiger partial charge < -0.3 is 20.1 Å². The number of amides is 2. The van der Waals surface area contributed by atoms with E-state index in [0.29, 0.717) is 50.4 Å². The normalized spacial score (nSPS) is 12.9. The first-order valence-electron chi connectivity index (χ1n) is 14.3. The third-order valence-corrected chi connectivity index (χ3v) is 9.34. The summed E-state index contributed by atoms with van der Waals surface area (Å²) in [6.45, 7) is 4.81. The van der Waals surface area contributed by atoms with Crippen LogP contribution in [0, 0.1) is 11.3 Å². The van der Waals surface area contributed by atoms with Crippen molar-refractivity contribution < 1.29 is 18.0 Å². The van der Waals surface area contributed by atoms with Crippen molar-refractivity contribution in [2.45, 2.75) is 31.3 Å². The third-order valence-electron chi connectivity index (χ3n) is 7.27. The van der Waals surface area contributed by atoms with E-state index in [9.17, 15) is 18.0 Å².